The number of aryl methyl sites for hydroxylation is 2. The molecule has 0 amide bonds. The maximum Gasteiger partial charge on any atom is 0.146 e. The summed E-state index contributed by atoms with van der Waals surface area (Å²) in [6, 6.07) is 0. The number of nitrogens with zero attached hydrogens (tertiary/aromatic N) is 4. The lowest BCUT2D eigenvalue weighted by Gasteiger charge is -2.35. The Labute approximate surface area is 177 Å². The summed E-state index contributed by atoms with van der Waals surface area (Å²) in [5.41, 5.74) is 1.35. The number of fused-ring (bicyclic) bond motifs is 1. The fourth-order valence-electron chi connectivity index (χ4n) is 4.99. The summed E-state index contributed by atoms with van der Waals surface area (Å²) in [5, 5.41) is 1.27. The van der Waals surface area contributed by atoms with E-state index < -0.39 is 0 Å². The summed E-state index contributed by atoms with van der Waals surface area (Å²) < 4.78 is 11.5. The molecule has 6 nitrogen and oxygen atoms in total. The van der Waals surface area contributed by atoms with E-state index in [0.29, 0.717) is 12.0 Å². The third-order valence-electron chi connectivity index (χ3n) is 6.85. The van der Waals surface area contributed by atoms with Crippen molar-refractivity contribution >= 4 is 27.4 Å². The molecule has 0 radical (unpaired) electrons. The summed E-state index contributed by atoms with van der Waals surface area (Å²) in [6.07, 6.45) is 5.38. The third-order valence-corrected chi connectivity index (χ3v) is 7.96. The molecule has 2 aromatic heterocycles. The van der Waals surface area contributed by atoms with E-state index in [2.05, 4.69) is 23.6 Å². The molecule has 158 valence electrons. The van der Waals surface area contributed by atoms with E-state index in [1.54, 1.807) is 0 Å². The standard InChI is InChI=1S/C22H32N4O2S/c1-15-16(2)29-22-20(15)21(23-19(24-22)14-25-9-12-27-13-10-25)26-7-5-17(6-8-26)18-4-3-11-28-18/h17-18H,3-14H2,1-2H3. The molecule has 3 saturated heterocycles. The fraction of sp³-hybridized carbons (Fsp3) is 0.727. The Hall–Kier alpha value is -1.28. The Kier molecular flexibility index (Phi) is 5.74. The first-order valence-electron chi connectivity index (χ1n) is 11.1. The second kappa shape index (κ2) is 8.46. The minimum Gasteiger partial charge on any atom is -0.379 e. The Morgan fingerprint density at radius 1 is 1.00 bits per heavy atom. The summed E-state index contributed by atoms with van der Waals surface area (Å²) in [5.74, 6) is 2.83. The maximum atomic E-state index is 5.97. The van der Waals surface area contributed by atoms with Crippen molar-refractivity contribution in [3.05, 3.63) is 16.3 Å². The van der Waals surface area contributed by atoms with Gasteiger partial charge in [-0.3, -0.25) is 4.90 Å². The largest absolute Gasteiger partial charge is 0.379 e. The van der Waals surface area contributed by atoms with Gasteiger partial charge in [-0.15, -0.1) is 11.3 Å². The van der Waals surface area contributed by atoms with Gasteiger partial charge in [0.15, 0.2) is 0 Å². The fourth-order valence-corrected chi connectivity index (χ4v) is 6.03. The second-order valence-electron chi connectivity index (χ2n) is 8.69. The normalized spacial score (nSPS) is 24.6. The van der Waals surface area contributed by atoms with E-state index >= 15 is 0 Å². The number of piperidine rings is 1. The topological polar surface area (TPSA) is 50.7 Å². The molecular weight excluding hydrogens is 384 g/mol. The molecule has 3 aliphatic heterocycles. The minimum absolute atomic E-state index is 0.490. The number of rotatable bonds is 4. The van der Waals surface area contributed by atoms with Crippen molar-refractivity contribution in [1.82, 2.24) is 14.9 Å². The number of aromatic nitrogens is 2. The molecule has 1 atom stereocenters. The summed E-state index contributed by atoms with van der Waals surface area (Å²) in [7, 11) is 0. The predicted molar refractivity (Wildman–Crippen MR) is 117 cm³/mol. The highest BCUT2D eigenvalue weighted by Crippen LogP contribution is 2.37. The van der Waals surface area contributed by atoms with Gasteiger partial charge in [0, 0.05) is 37.7 Å². The van der Waals surface area contributed by atoms with E-state index in [1.165, 1.54) is 41.5 Å². The molecule has 7 heteroatoms. The first-order valence-corrected chi connectivity index (χ1v) is 11.9. The number of morpholine rings is 1. The van der Waals surface area contributed by atoms with Gasteiger partial charge in [-0.25, -0.2) is 9.97 Å². The molecule has 1 unspecified atom stereocenters. The number of thiophene rings is 1. The van der Waals surface area contributed by atoms with Crippen LogP contribution in [-0.2, 0) is 16.0 Å². The van der Waals surface area contributed by atoms with Crippen molar-refractivity contribution in [2.75, 3.05) is 50.9 Å². The van der Waals surface area contributed by atoms with Crippen molar-refractivity contribution < 1.29 is 9.47 Å². The molecule has 0 N–H and O–H groups in total. The molecule has 0 aliphatic carbocycles. The van der Waals surface area contributed by atoms with Crippen LogP contribution in [0.3, 0.4) is 0 Å². The average molecular weight is 417 g/mol. The van der Waals surface area contributed by atoms with E-state index in [4.69, 9.17) is 19.4 Å². The molecule has 3 aliphatic rings. The van der Waals surface area contributed by atoms with Crippen LogP contribution < -0.4 is 4.90 Å². The highest BCUT2D eigenvalue weighted by atomic mass is 32.1. The van der Waals surface area contributed by atoms with E-state index in [0.717, 1.165) is 69.0 Å². The van der Waals surface area contributed by atoms with Gasteiger partial charge in [-0.05, 0) is 51.0 Å². The van der Waals surface area contributed by atoms with Crippen LogP contribution in [0, 0.1) is 19.8 Å². The van der Waals surface area contributed by atoms with Crippen molar-refractivity contribution in [1.29, 1.82) is 0 Å². The lowest BCUT2D eigenvalue weighted by molar-refractivity contribution is 0.0331. The second-order valence-corrected chi connectivity index (χ2v) is 9.89. The Balaban J connectivity index is 1.40. The van der Waals surface area contributed by atoms with Gasteiger partial charge in [0.25, 0.3) is 0 Å². The third kappa shape index (κ3) is 4.02. The van der Waals surface area contributed by atoms with Crippen LogP contribution in [-0.4, -0.2) is 67.0 Å². The Morgan fingerprint density at radius 2 is 1.79 bits per heavy atom. The maximum absolute atomic E-state index is 5.97. The molecule has 29 heavy (non-hydrogen) atoms. The molecule has 0 aromatic carbocycles. The lowest BCUT2D eigenvalue weighted by atomic mass is 9.89. The van der Waals surface area contributed by atoms with Crippen LogP contribution in [0.1, 0.15) is 41.9 Å². The lowest BCUT2D eigenvalue weighted by Crippen LogP contribution is -2.39. The molecule has 3 fully saturated rings. The molecule has 2 aromatic rings. The number of ether oxygens (including phenoxy) is 2. The molecule has 5 heterocycles. The van der Waals surface area contributed by atoms with Gasteiger partial charge in [0.05, 0.1) is 31.2 Å². The zero-order chi connectivity index (χ0) is 19.8. The van der Waals surface area contributed by atoms with Crippen molar-refractivity contribution in [2.45, 2.75) is 52.2 Å². The predicted octanol–water partition coefficient (Wildman–Crippen LogP) is 3.54. The van der Waals surface area contributed by atoms with Crippen LogP contribution in [0.5, 0.6) is 0 Å². The average Bonchev–Trinajstić information content (AvgIpc) is 3.37. The highest BCUT2D eigenvalue weighted by Gasteiger charge is 2.31. The summed E-state index contributed by atoms with van der Waals surface area (Å²) >= 11 is 1.81. The molecule has 0 spiro atoms. The van der Waals surface area contributed by atoms with Crippen LogP contribution in [0.25, 0.3) is 10.2 Å². The Bertz CT molecular complexity index is 850. The molecular formula is C22H32N4O2S. The number of anilines is 1. The highest BCUT2D eigenvalue weighted by molar-refractivity contribution is 7.18. The van der Waals surface area contributed by atoms with Gasteiger partial charge in [0.1, 0.15) is 16.5 Å². The summed E-state index contributed by atoms with van der Waals surface area (Å²) in [4.78, 5) is 17.5. The van der Waals surface area contributed by atoms with Gasteiger partial charge < -0.3 is 14.4 Å². The summed E-state index contributed by atoms with van der Waals surface area (Å²) in [6.45, 7) is 11.9. The molecule has 5 rings (SSSR count). The van der Waals surface area contributed by atoms with Gasteiger partial charge in [-0.1, -0.05) is 0 Å². The minimum atomic E-state index is 0.490. The van der Waals surface area contributed by atoms with Crippen molar-refractivity contribution in [3.8, 4) is 0 Å². The van der Waals surface area contributed by atoms with Crippen LogP contribution in [0.2, 0.25) is 0 Å². The first kappa shape index (κ1) is 19.7. The number of hydrogen-bond acceptors (Lipinski definition) is 7. The van der Waals surface area contributed by atoms with Crippen LogP contribution in [0.4, 0.5) is 5.82 Å². The van der Waals surface area contributed by atoms with Crippen LogP contribution in [0.15, 0.2) is 0 Å². The molecule has 0 bridgehead atoms. The van der Waals surface area contributed by atoms with Gasteiger partial charge >= 0.3 is 0 Å². The smallest absolute Gasteiger partial charge is 0.146 e. The van der Waals surface area contributed by atoms with Crippen molar-refractivity contribution in [3.63, 3.8) is 0 Å². The van der Waals surface area contributed by atoms with Crippen molar-refractivity contribution in [2.24, 2.45) is 5.92 Å². The quantitative estimate of drug-likeness (QED) is 0.760. The first-order chi connectivity index (χ1) is 14.2. The van der Waals surface area contributed by atoms with E-state index in [1.807, 2.05) is 11.3 Å². The van der Waals surface area contributed by atoms with E-state index in [9.17, 15) is 0 Å². The molecule has 0 saturated carbocycles. The van der Waals surface area contributed by atoms with Gasteiger partial charge in [0.2, 0.25) is 0 Å². The Morgan fingerprint density at radius 3 is 2.52 bits per heavy atom. The van der Waals surface area contributed by atoms with E-state index in [-0.39, 0.29) is 0 Å². The monoisotopic (exact) mass is 416 g/mol. The SMILES string of the molecule is Cc1sc2nc(CN3CCOCC3)nc(N3CCC(C4CCCO4)CC3)c2c1C. The number of hydrogen-bond donors (Lipinski definition) is 0. The van der Waals surface area contributed by atoms with Gasteiger partial charge in [-0.2, -0.15) is 0 Å². The van der Waals surface area contributed by atoms with Crippen LogP contribution >= 0.6 is 11.3 Å². The zero-order valence-corrected chi connectivity index (χ0v) is 18.5. The zero-order valence-electron chi connectivity index (χ0n) is 17.7.